The summed E-state index contributed by atoms with van der Waals surface area (Å²) in [4.78, 5) is 27.4. The Balaban J connectivity index is 0.00000676. The molecule has 7 heteroatoms. The van der Waals surface area contributed by atoms with Crippen LogP contribution in [-0.2, 0) is 25.6 Å². The third-order valence-electron chi connectivity index (χ3n) is 4.40. The van der Waals surface area contributed by atoms with Gasteiger partial charge in [-0.3, -0.25) is 9.59 Å². The molecule has 0 fully saturated rings. The Morgan fingerprint density at radius 3 is 2.30 bits per heavy atom. The molecule has 1 rings (SSSR count). The van der Waals surface area contributed by atoms with Crippen LogP contribution in [0.1, 0.15) is 32.3 Å². The molecule has 0 saturated carbocycles. The molecule has 0 aliphatic heterocycles. The van der Waals surface area contributed by atoms with Gasteiger partial charge in [0.2, 0.25) is 0 Å². The number of carbonyl (C=O) groups excluding carboxylic acids is 2. The maximum absolute atomic E-state index is 12.7. The standard InChI is InChI=1S/C20H31NO4S.ClH/c1-5-20(18(22)24-6-2,19(23)25-14-15-26-4)12-13-21(3)16-17-10-8-7-9-11-17;/h7-11H,5-6,12-16H2,1-4H3;1H. The van der Waals surface area contributed by atoms with Gasteiger partial charge in [0.05, 0.1) is 6.61 Å². The lowest BCUT2D eigenvalue weighted by Crippen LogP contribution is -2.44. The zero-order valence-electron chi connectivity index (χ0n) is 16.7. The predicted molar refractivity (Wildman–Crippen MR) is 113 cm³/mol. The van der Waals surface area contributed by atoms with Gasteiger partial charge in [0.25, 0.3) is 0 Å². The summed E-state index contributed by atoms with van der Waals surface area (Å²) in [5.41, 5.74) is -0.0462. The van der Waals surface area contributed by atoms with Crippen molar-refractivity contribution in [3.63, 3.8) is 0 Å². The Labute approximate surface area is 173 Å². The molecule has 154 valence electrons. The number of thioether (sulfide) groups is 1. The van der Waals surface area contributed by atoms with Gasteiger partial charge in [-0.05, 0) is 45.2 Å². The molecule has 1 aromatic rings. The second-order valence-electron chi connectivity index (χ2n) is 6.26. The number of hydrogen-bond acceptors (Lipinski definition) is 6. The molecule has 0 aliphatic rings. The molecule has 27 heavy (non-hydrogen) atoms. The topological polar surface area (TPSA) is 55.8 Å². The lowest BCUT2D eigenvalue weighted by Gasteiger charge is -2.30. The minimum Gasteiger partial charge on any atom is -0.465 e. The second kappa shape index (κ2) is 13.9. The van der Waals surface area contributed by atoms with Crippen molar-refractivity contribution in [1.82, 2.24) is 4.90 Å². The fourth-order valence-corrected chi connectivity index (χ4v) is 2.98. The van der Waals surface area contributed by atoms with E-state index in [1.165, 1.54) is 5.56 Å². The molecular weight excluding hydrogens is 386 g/mol. The average Bonchev–Trinajstić information content (AvgIpc) is 2.64. The fraction of sp³-hybridized carbons (Fsp3) is 0.600. The van der Waals surface area contributed by atoms with Gasteiger partial charge >= 0.3 is 11.9 Å². The number of esters is 2. The van der Waals surface area contributed by atoms with E-state index >= 15 is 0 Å². The largest absolute Gasteiger partial charge is 0.465 e. The third kappa shape index (κ3) is 8.11. The van der Waals surface area contributed by atoms with E-state index in [4.69, 9.17) is 9.47 Å². The lowest BCUT2D eigenvalue weighted by atomic mass is 9.81. The quantitative estimate of drug-likeness (QED) is 0.293. The summed E-state index contributed by atoms with van der Waals surface area (Å²) in [6.45, 7) is 5.49. The van der Waals surface area contributed by atoms with E-state index in [0.29, 0.717) is 31.7 Å². The highest BCUT2D eigenvalue weighted by Gasteiger charge is 2.47. The summed E-state index contributed by atoms with van der Waals surface area (Å²) in [6, 6.07) is 10.1. The molecule has 1 atom stereocenters. The molecule has 0 spiro atoms. The molecule has 0 amide bonds. The summed E-state index contributed by atoms with van der Waals surface area (Å²) in [7, 11) is 1.98. The Morgan fingerprint density at radius 2 is 1.74 bits per heavy atom. The first-order chi connectivity index (χ1) is 12.5. The number of carbonyl (C=O) groups is 2. The maximum Gasteiger partial charge on any atom is 0.323 e. The highest BCUT2D eigenvalue weighted by molar-refractivity contribution is 7.98. The van der Waals surface area contributed by atoms with Crippen molar-refractivity contribution in [3.05, 3.63) is 35.9 Å². The average molecular weight is 418 g/mol. The summed E-state index contributed by atoms with van der Waals surface area (Å²) >= 11 is 1.60. The van der Waals surface area contributed by atoms with E-state index in [0.717, 1.165) is 6.54 Å². The van der Waals surface area contributed by atoms with E-state index < -0.39 is 17.4 Å². The summed E-state index contributed by atoms with van der Waals surface area (Å²) in [5, 5.41) is 0. The monoisotopic (exact) mass is 417 g/mol. The van der Waals surface area contributed by atoms with E-state index in [2.05, 4.69) is 17.0 Å². The molecule has 1 aromatic carbocycles. The normalized spacial score (nSPS) is 12.8. The zero-order chi connectivity index (χ0) is 19.4. The van der Waals surface area contributed by atoms with Crippen LogP contribution in [-0.4, -0.2) is 55.7 Å². The Morgan fingerprint density at radius 1 is 1.11 bits per heavy atom. The lowest BCUT2D eigenvalue weighted by molar-refractivity contribution is -0.173. The highest BCUT2D eigenvalue weighted by Crippen LogP contribution is 2.31. The highest BCUT2D eigenvalue weighted by atomic mass is 35.5. The molecule has 0 bridgehead atoms. The molecule has 0 heterocycles. The summed E-state index contributed by atoms with van der Waals surface area (Å²) in [5.74, 6) is -0.243. The van der Waals surface area contributed by atoms with Crippen LogP contribution < -0.4 is 0 Å². The molecule has 0 aromatic heterocycles. The van der Waals surface area contributed by atoms with Crippen molar-refractivity contribution in [2.24, 2.45) is 5.41 Å². The molecule has 0 saturated heterocycles. The van der Waals surface area contributed by atoms with Crippen LogP contribution in [0, 0.1) is 5.41 Å². The molecular formula is C20H32ClNO4S. The van der Waals surface area contributed by atoms with Gasteiger partial charge in [0, 0.05) is 12.3 Å². The van der Waals surface area contributed by atoms with Gasteiger partial charge < -0.3 is 14.4 Å². The summed E-state index contributed by atoms with van der Waals surface area (Å²) < 4.78 is 10.6. The van der Waals surface area contributed by atoms with Crippen LogP contribution in [0.5, 0.6) is 0 Å². The van der Waals surface area contributed by atoms with Gasteiger partial charge in [-0.15, -0.1) is 12.4 Å². The number of halogens is 1. The fourth-order valence-electron chi connectivity index (χ4n) is 2.73. The van der Waals surface area contributed by atoms with Crippen molar-refractivity contribution >= 4 is 36.1 Å². The van der Waals surface area contributed by atoms with Crippen LogP contribution in [0.15, 0.2) is 30.3 Å². The van der Waals surface area contributed by atoms with E-state index in [-0.39, 0.29) is 19.0 Å². The van der Waals surface area contributed by atoms with Gasteiger partial charge in [-0.25, -0.2) is 0 Å². The molecule has 0 N–H and O–H groups in total. The van der Waals surface area contributed by atoms with Gasteiger partial charge in [-0.1, -0.05) is 37.3 Å². The van der Waals surface area contributed by atoms with Gasteiger partial charge in [-0.2, -0.15) is 11.8 Å². The smallest absolute Gasteiger partial charge is 0.323 e. The van der Waals surface area contributed by atoms with Crippen molar-refractivity contribution in [2.75, 3.05) is 38.8 Å². The first-order valence-electron chi connectivity index (χ1n) is 9.06. The first-order valence-corrected chi connectivity index (χ1v) is 10.4. The van der Waals surface area contributed by atoms with Gasteiger partial charge in [0.1, 0.15) is 6.61 Å². The predicted octanol–water partition coefficient (Wildman–Crippen LogP) is 3.80. The Bertz CT molecular complexity index is 558. The van der Waals surface area contributed by atoms with Crippen molar-refractivity contribution in [1.29, 1.82) is 0 Å². The van der Waals surface area contributed by atoms with Crippen molar-refractivity contribution in [3.8, 4) is 0 Å². The zero-order valence-corrected chi connectivity index (χ0v) is 18.4. The maximum atomic E-state index is 12.7. The molecule has 0 radical (unpaired) electrons. The van der Waals surface area contributed by atoms with E-state index in [9.17, 15) is 9.59 Å². The number of nitrogens with zero attached hydrogens (tertiary/aromatic N) is 1. The van der Waals surface area contributed by atoms with Crippen LogP contribution in [0.25, 0.3) is 0 Å². The minimum absolute atomic E-state index is 0. The Hall–Kier alpha value is -1.24. The third-order valence-corrected chi connectivity index (χ3v) is 4.97. The molecule has 1 unspecified atom stereocenters. The Kier molecular flexibility index (Phi) is 13.2. The van der Waals surface area contributed by atoms with Crippen molar-refractivity contribution < 1.29 is 19.1 Å². The number of rotatable bonds is 12. The van der Waals surface area contributed by atoms with Crippen LogP contribution in [0.3, 0.4) is 0 Å². The number of hydrogen-bond donors (Lipinski definition) is 0. The van der Waals surface area contributed by atoms with E-state index in [1.54, 1.807) is 18.7 Å². The van der Waals surface area contributed by atoms with E-state index in [1.807, 2.05) is 38.4 Å². The first kappa shape index (κ1) is 25.8. The van der Waals surface area contributed by atoms with Gasteiger partial charge in [0.15, 0.2) is 5.41 Å². The molecule has 0 aliphatic carbocycles. The summed E-state index contributed by atoms with van der Waals surface area (Å²) in [6.07, 6.45) is 2.69. The SMILES string of the molecule is CCOC(=O)C(CC)(CCN(C)Cc1ccccc1)C(=O)OCCSC.Cl. The van der Waals surface area contributed by atoms with Crippen molar-refractivity contribution in [2.45, 2.75) is 33.2 Å². The van der Waals surface area contributed by atoms with Crippen LogP contribution in [0.4, 0.5) is 0 Å². The van der Waals surface area contributed by atoms with Crippen LogP contribution >= 0.6 is 24.2 Å². The number of benzene rings is 1. The second-order valence-corrected chi connectivity index (χ2v) is 7.24. The van der Waals surface area contributed by atoms with Crippen LogP contribution in [0.2, 0.25) is 0 Å². The number of ether oxygens (including phenoxy) is 2. The minimum atomic E-state index is -1.24. The molecule has 5 nitrogen and oxygen atoms in total.